The van der Waals surface area contributed by atoms with Crippen LogP contribution in [0.4, 0.5) is 10.1 Å². The molecule has 0 spiro atoms. The first-order chi connectivity index (χ1) is 11.4. The Morgan fingerprint density at radius 2 is 1.88 bits per heavy atom. The number of aromatic nitrogens is 2. The Bertz CT molecular complexity index is 1040. The third-order valence-electron chi connectivity index (χ3n) is 3.37. The number of amides is 1. The third-order valence-corrected chi connectivity index (χ3v) is 3.62. The predicted octanol–water partition coefficient (Wildman–Crippen LogP) is 2.12. The second-order valence-corrected chi connectivity index (χ2v) is 5.50. The fourth-order valence-electron chi connectivity index (χ4n) is 2.29. The van der Waals surface area contributed by atoms with Gasteiger partial charge in [0.2, 0.25) is 5.91 Å². The van der Waals surface area contributed by atoms with Crippen molar-refractivity contribution in [1.29, 1.82) is 0 Å². The van der Waals surface area contributed by atoms with Crippen LogP contribution in [0.25, 0.3) is 11.0 Å². The Labute approximate surface area is 139 Å². The zero-order valence-corrected chi connectivity index (χ0v) is 12.9. The molecule has 0 aliphatic heterocycles. The Morgan fingerprint density at radius 1 is 1.17 bits per heavy atom. The maximum Gasteiger partial charge on any atom is 0.317 e. The quantitative estimate of drug-likeness (QED) is 0.712. The van der Waals surface area contributed by atoms with Crippen molar-refractivity contribution in [2.24, 2.45) is 0 Å². The largest absolute Gasteiger partial charge is 0.325 e. The molecule has 0 aliphatic carbocycles. The van der Waals surface area contributed by atoms with E-state index in [9.17, 15) is 18.8 Å². The van der Waals surface area contributed by atoms with Gasteiger partial charge < -0.3 is 10.3 Å². The minimum Gasteiger partial charge on any atom is -0.325 e. The van der Waals surface area contributed by atoms with Crippen LogP contribution in [0.5, 0.6) is 0 Å². The zero-order valence-electron chi connectivity index (χ0n) is 12.2. The van der Waals surface area contributed by atoms with Crippen LogP contribution in [-0.4, -0.2) is 15.5 Å². The SMILES string of the molecule is O=C(Cn1c(=O)c(=O)[nH]c2cc(F)ccc21)Nc1ccc(Cl)cc1. The minimum absolute atomic E-state index is 0.138. The Kier molecular flexibility index (Phi) is 4.18. The first-order valence-corrected chi connectivity index (χ1v) is 7.29. The standard InChI is InChI=1S/C16H11ClFN3O3/c17-9-1-4-11(5-2-9)19-14(22)8-21-13-6-3-10(18)7-12(13)20-15(23)16(21)24/h1-7H,8H2,(H,19,22)(H,20,23). The third kappa shape index (κ3) is 3.21. The molecular formula is C16H11ClFN3O3. The van der Waals surface area contributed by atoms with Gasteiger partial charge in [-0.15, -0.1) is 0 Å². The number of fused-ring (bicyclic) bond motifs is 1. The summed E-state index contributed by atoms with van der Waals surface area (Å²) >= 11 is 5.77. The van der Waals surface area contributed by atoms with Gasteiger partial charge in [-0.2, -0.15) is 0 Å². The van der Waals surface area contributed by atoms with E-state index >= 15 is 0 Å². The molecule has 122 valence electrons. The first-order valence-electron chi connectivity index (χ1n) is 6.92. The smallest absolute Gasteiger partial charge is 0.317 e. The van der Waals surface area contributed by atoms with Crippen LogP contribution in [0.15, 0.2) is 52.1 Å². The first kappa shape index (κ1) is 15.9. The molecule has 2 aromatic carbocycles. The van der Waals surface area contributed by atoms with Gasteiger partial charge in [-0.3, -0.25) is 19.0 Å². The maximum atomic E-state index is 13.3. The highest BCUT2D eigenvalue weighted by Crippen LogP contribution is 2.14. The van der Waals surface area contributed by atoms with Gasteiger partial charge in [0.05, 0.1) is 11.0 Å². The normalized spacial score (nSPS) is 10.8. The molecule has 6 nitrogen and oxygen atoms in total. The number of rotatable bonds is 3. The maximum absolute atomic E-state index is 13.3. The number of hydrogen-bond donors (Lipinski definition) is 2. The molecule has 1 amide bonds. The van der Waals surface area contributed by atoms with Crippen LogP contribution in [0.2, 0.25) is 5.02 Å². The van der Waals surface area contributed by atoms with Crippen LogP contribution in [0.1, 0.15) is 0 Å². The summed E-state index contributed by atoms with van der Waals surface area (Å²) in [6.07, 6.45) is 0. The highest BCUT2D eigenvalue weighted by molar-refractivity contribution is 6.30. The summed E-state index contributed by atoms with van der Waals surface area (Å²) in [5.41, 5.74) is -0.920. The van der Waals surface area contributed by atoms with Gasteiger partial charge >= 0.3 is 11.1 Å². The van der Waals surface area contributed by atoms with E-state index in [0.717, 1.165) is 16.7 Å². The molecule has 3 rings (SSSR count). The summed E-state index contributed by atoms with van der Waals surface area (Å²) in [6, 6.07) is 9.99. The van der Waals surface area contributed by atoms with E-state index in [2.05, 4.69) is 10.3 Å². The molecule has 2 N–H and O–H groups in total. The Hall–Kier alpha value is -2.93. The average molecular weight is 348 g/mol. The molecule has 1 aromatic heterocycles. The number of halogens is 2. The van der Waals surface area contributed by atoms with Crippen molar-refractivity contribution in [3.8, 4) is 0 Å². The molecule has 24 heavy (non-hydrogen) atoms. The lowest BCUT2D eigenvalue weighted by Gasteiger charge is -2.10. The van der Waals surface area contributed by atoms with Crippen LogP contribution < -0.4 is 16.4 Å². The molecule has 0 saturated carbocycles. The number of benzene rings is 2. The number of nitrogens with zero attached hydrogens (tertiary/aromatic N) is 1. The highest BCUT2D eigenvalue weighted by Gasteiger charge is 2.12. The lowest BCUT2D eigenvalue weighted by molar-refractivity contribution is -0.116. The highest BCUT2D eigenvalue weighted by atomic mass is 35.5. The van der Waals surface area contributed by atoms with Gasteiger partial charge in [-0.05, 0) is 42.5 Å². The molecule has 0 saturated heterocycles. The van der Waals surface area contributed by atoms with Gasteiger partial charge in [0, 0.05) is 10.7 Å². The van der Waals surface area contributed by atoms with Crippen LogP contribution >= 0.6 is 11.6 Å². The van der Waals surface area contributed by atoms with Gasteiger partial charge in [0.15, 0.2) is 0 Å². The van der Waals surface area contributed by atoms with Gasteiger partial charge in [0.1, 0.15) is 12.4 Å². The number of carbonyl (C=O) groups is 1. The van der Waals surface area contributed by atoms with Gasteiger partial charge in [0.25, 0.3) is 0 Å². The van der Waals surface area contributed by atoms with E-state index in [4.69, 9.17) is 11.6 Å². The summed E-state index contributed by atoms with van der Waals surface area (Å²) in [5.74, 6) is -1.07. The van der Waals surface area contributed by atoms with E-state index in [1.165, 1.54) is 6.07 Å². The second kappa shape index (κ2) is 6.29. The number of nitrogens with one attached hydrogen (secondary N) is 2. The fraction of sp³-hybridized carbons (Fsp3) is 0.0625. The van der Waals surface area contributed by atoms with Crippen molar-refractivity contribution < 1.29 is 9.18 Å². The monoisotopic (exact) mass is 347 g/mol. The minimum atomic E-state index is -0.924. The number of hydrogen-bond acceptors (Lipinski definition) is 3. The molecule has 0 atom stereocenters. The lowest BCUT2D eigenvalue weighted by Crippen LogP contribution is -2.38. The topological polar surface area (TPSA) is 84.0 Å². The van der Waals surface area contributed by atoms with Crippen LogP contribution in [0.3, 0.4) is 0 Å². The lowest BCUT2D eigenvalue weighted by atomic mass is 10.2. The summed E-state index contributed by atoms with van der Waals surface area (Å²) in [5, 5.41) is 3.12. The van der Waals surface area contributed by atoms with Crippen molar-refractivity contribution in [3.63, 3.8) is 0 Å². The summed E-state index contributed by atoms with van der Waals surface area (Å²) in [4.78, 5) is 38.2. The molecule has 0 bridgehead atoms. The van der Waals surface area contributed by atoms with E-state index in [-0.39, 0.29) is 17.6 Å². The summed E-state index contributed by atoms with van der Waals surface area (Å²) in [6.45, 7) is -0.381. The van der Waals surface area contributed by atoms with E-state index in [0.29, 0.717) is 10.7 Å². The van der Waals surface area contributed by atoms with E-state index < -0.39 is 22.8 Å². The van der Waals surface area contributed by atoms with Gasteiger partial charge in [-0.25, -0.2) is 4.39 Å². The van der Waals surface area contributed by atoms with Crippen LogP contribution in [-0.2, 0) is 11.3 Å². The summed E-state index contributed by atoms with van der Waals surface area (Å²) in [7, 11) is 0. The van der Waals surface area contributed by atoms with Crippen molar-refractivity contribution in [1.82, 2.24) is 9.55 Å². The molecule has 3 aromatic rings. The van der Waals surface area contributed by atoms with E-state index in [1.807, 2.05) is 0 Å². The number of carbonyl (C=O) groups excluding carboxylic acids is 1. The second-order valence-electron chi connectivity index (χ2n) is 5.06. The number of aromatic amines is 1. The van der Waals surface area contributed by atoms with Crippen molar-refractivity contribution in [2.45, 2.75) is 6.54 Å². The number of anilines is 1. The van der Waals surface area contributed by atoms with E-state index in [1.54, 1.807) is 24.3 Å². The predicted molar refractivity (Wildman–Crippen MR) is 88.9 cm³/mol. The molecule has 0 unspecified atom stereocenters. The van der Waals surface area contributed by atoms with Crippen molar-refractivity contribution >= 4 is 34.2 Å². The molecule has 0 fully saturated rings. The van der Waals surface area contributed by atoms with Gasteiger partial charge in [-0.1, -0.05) is 11.6 Å². The molecular weight excluding hydrogens is 337 g/mol. The molecule has 0 radical (unpaired) electrons. The molecule has 0 aliphatic rings. The zero-order chi connectivity index (χ0) is 17.3. The van der Waals surface area contributed by atoms with Crippen molar-refractivity contribution in [2.75, 3.05) is 5.32 Å². The van der Waals surface area contributed by atoms with Crippen molar-refractivity contribution in [3.05, 3.63) is 74.0 Å². The van der Waals surface area contributed by atoms with Crippen LogP contribution in [0, 0.1) is 5.82 Å². The molecule has 8 heteroatoms. The number of H-pyrrole nitrogens is 1. The fourth-order valence-corrected chi connectivity index (χ4v) is 2.41. The summed E-state index contributed by atoms with van der Waals surface area (Å²) < 4.78 is 14.3. The average Bonchev–Trinajstić information content (AvgIpc) is 2.54. The Balaban J connectivity index is 1.95. The molecule has 1 heterocycles. The Morgan fingerprint density at radius 3 is 2.58 bits per heavy atom.